The molecule has 0 aromatic heterocycles. The molecule has 2 unspecified atom stereocenters. The molecule has 2 atom stereocenters. The Morgan fingerprint density at radius 3 is 2.76 bits per heavy atom. The summed E-state index contributed by atoms with van der Waals surface area (Å²) in [5, 5.41) is 3.39. The molecule has 1 heterocycles. The average Bonchev–Trinajstić information content (AvgIpc) is 2.28. The number of rotatable bonds is 5. The van der Waals surface area contributed by atoms with Gasteiger partial charge in [-0.05, 0) is 33.6 Å². The van der Waals surface area contributed by atoms with Gasteiger partial charge in [0.15, 0.2) is 0 Å². The molecule has 0 bridgehead atoms. The molecule has 1 saturated heterocycles. The highest BCUT2D eigenvalue weighted by Gasteiger charge is 2.44. The van der Waals surface area contributed by atoms with Crippen molar-refractivity contribution >= 4 is 5.97 Å². The molecule has 4 heteroatoms. The van der Waals surface area contributed by atoms with Crippen LogP contribution in [0, 0.1) is 0 Å². The third-order valence-corrected chi connectivity index (χ3v) is 3.15. The number of hydrogen-bond acceptors (Lipinski definition) is 4. The van der Waals surface area contributed by atoms with Gasteiger partial charge in [0.25, 0.3) is 0 Å². The Labute approximate surface area is 104 Å². The third kappa shape index (κ3) is 3.68. The van der Waals surface area contributed by atoms with E-state index in [1.165, 1.54) is 0 Å². The van der Waals surface area contributed by atoms with E-state index in [-0.39, 0.29) is 18.1 Å². The zero-order chi connectivity index (χ0) is 12.9. The van der Waals surface area contributed by atoms with Crippen LogP contribution in [-0.4, -0.2) is 36.9 Å². The maximum Gasteiger partial charge on any atom is 0.326 e. The Morgan fingerprint density at radius 1 is 1.53 bits per heavy atom. The summed E-state index contributed by atoms with van der Waals surface area (Å²) in [6.07, 6.45) is 2.49. The molecular weight excluding hydrogens is 218 g/mol. The summed E-state index contributed by atoms with van der Waals surface area (Å²) in [5.74, 6) is -0.129. The number of carbonyl (C=O) groups excluding carboxylic acids is 1. The van der Waals surface area contributed by atoms with Gasteiger partial charge < -0.3 is 9.47 Å². The standard InChI is InChI=1S/C13H25NO3/c1-5-11-9-13(7-8-17-11,14-10(3)4)12(15)16-6-2/h10-11,14H,5-9H2,1-4H3. The van der Waals surface area contributed by atoms with Crippen LogP contribution in [0.2, 0.25) is 0 Å². The van der Waals surface area contributed by atoms with Crippen molar-refractivity contribution in [1.29, 1.82) is 0 Å². The van der Waals surface area contributed by atoms with Gasteiger partial charge in [-0.25, -0.2) is 0 Å². The SMILES string of the molecule is CCOC(=O)C1(NC(C)C)CCOC(CC)C1. The number of esters is 1. The molecule has 1 aliphatic rings. The molecule has 0 aromatic carbocycles. The van der Waals surface area contributed by atoms with Gasteiger partial charge in [-0.15, -0.1) is 0 Å². The van der Waals surface area contributed by atoms with Gasteiger partial charge in [-0.3, -0.25) is 10.1 Å². The van der Waals surface area contributed by atoms with Gasteiger partial charge >= 0.3 is 5.97 Å². The summed E-state index contributed by atoms with van der Waals surface area (Å²) in [4.78, 5) is 12.2. The third-order valence-electron chi connectivity index (χ3n) is 3.15. The number of nitrogens with one attached hydrogen (secondary N) is 1. The van der Waals surface area contributed by atoms with Crippen molar-refractivity contribution < 1.29 is 14.3 Å². The summed E-state index contributed by atoms with van der Waals surface area (Å²) < 4.78 is 10.9. The van der Waals surface area contributed by atoms with Gasteiger partial charge in [0.1, 0.15) is 5.54 Å². The average molecular weight is 243 g/mol. The maximum absolute atomic E-state index is 12.2. The second kappa shape index (κ2) is 6.36. The highest BCUT2D eigenvalue weighted by molar-refractivity contribution is 5.81. The lowest BCUT2D eigenvalue weighted by Gasteiger charge is -2.40. The summed E-state index contributed by atoms with van der Waals surface area (Å²) >= 11 is 0. The van der Waals surface area contributed by atoms with Gasteiger partial charge in [-0.1, -0.05) is 6.92 Å². The molecule has 4 nitrogen and oxygen atoms in total. The van der Waals surface area contributed by atoms with Crippen molar-refractivity contribution in [3.05, 3.63) is 0 Å². The molecule has 17 heavy (non-hydrogen) atoms. The first-order chi connectivity index (χ1) is 8.04. The van der Waals surface area contributed by atoms with Crippen molar-refractivity contribution in [3.63, 3.8) is 0 Å². The normalized spacial score (nSPS) is 29.4. The highest BCUT2D eigenvalue weighted by Crippen LogP contribution is 2.28. The predicted molar refractivity (Wildman–Crippen MR) is 66.9 cm³/mol. The van der Waals surface area contributed by atoms with Crippen LogP contribution >= 0.6 is 0 Å². The van der Waals surface area contributed by atoms with E-state index in [2.05, 4.69) is 26.1 Å². The molecular formula is C13H25NO3. The van der Waals surface area contributed by atoms with Crippen molar-refractivity contribution in [2.24, 2.45) is 0 Å². The first-order valence-corrected chi connectivity index (χ1v) is 6.60. The lowest BCUT2D eigenvalue weighted by Crippen LogP contribution is -2.59. The largest absolute Gasteiger partial charge is 0.465 e. The van der Waals surface area contributed by atoms with Crippen LogP contribution in [0.25, 0.3) is 0 Å². The summed E-state index contributed by atoms with van der Waals surface area (Å²) in [6.45, 7) is 9.09. The molecule has 1 aliphatic heterocycles. The molecule has 1 N–H and O–H groups in total. The number of hydrogen-bond donors (Lipinski definition) is 1. The van der Waals surface area contributed by atoms with Crippen LogP contribution in [0.5, 0.6) is 0 Å². The Hall–Kier alpha value is -0.610. The van der Waals surface area contributed by atoms with Crippen molar-refractivity contribution in [1.82, 2.24) is 5.32 Å². The molecule has 0 aliphatic carbocycles. The van der Waals surface area contributed by atoms with Crippen LogP contribution < -0.4 is 5.32 Å². The maximum atomic E-state index is 12.2. The van der Waals surface area contributed by atoms with Crippen molar-refractivity contribution in [3.8, 4) is 0 Å². The molecule has 0 radical (unpaired) electrons. The van der Waals surface area contributed by atoms with Gasteiger partial charge in [0.2, 0.25) is 0 Å². The Bertz CT molecular complexity index is 255. The fourth-order valence-electron chi connectivity index (χ4n) is 2.41. The van der Waals surface area contributed by atoms with Gasteiger partial charge in [-0.2, -0.15) is 0 Å². The van der Waals surface area contributed by atoms with Gasteiger partial charge in [0, 0.05) is 19.1 Å². The Balaban J connectivity index is 2.80. The molecule has 0 spiro atoms. The van der Waals surface area contributed by atoms with Crippen LogP contribution in [0.4, 0.5) is 0 Å². The molecule has 1 rings (SSSR count). The summed E-state index contributed by atoms with van der Waals surface area (Å²) in [5.41, 5.74) is -0.552. The minimum Gasteiger partial charge on any atom is -0.465 e. The molecule has 0 aromatic rings. The van der Waals surface area contributed by atoms with Crippen LogP contribution in [0.15, 0.2) is 0 Å². The topological polar surface area (TPSA) is 47.6 Å². The first kappa shape index (κ1) is 14.5. The fourth-order valence-corrected chi connectivity index (χ4v) is 2.41. The van der Waals surface area contributed by atoms with Crippen molar-refractivity contribution in [2.75, 3.05) is 13.2 Å². The highest BCUT2D eigenvalue weighted by atomic mass is 16.5. The number of ether oxygens (including phenoxy) is 2. The van der Waals surface area contributed by atoms with E-state index in [0.717, 1.165) is 6.42 Å². The summed E-state index contributed by atoms with van der Waals surface area (Å²) in [7, 11) is 0. The predicted octanol–water partition coefficient (Wildman–Crippen LogP) is 1.88. The monoisotopic (exact) mass is 243 g/mol. The zero-order valence-electron chi connectivity index (χ0n) is 11.4. The fraction of sp³-hybridized carbons (Fsp3) is 0.923. The van der Waals surface area contributed by atoms with Crippen LogP contribution in [-0.2, 0) is 14.3 Å². The van der Waals surface area contributed by atoms with Crippen molar-refractivity contribution in [2.45, 2.75) is 64.6 Å². The smallest absolute Gasteiger partial charge is 0.326 e. The zero-order valence-corrected chi connectivity index (χ0v) is 11.4. The molecule has 0 amide bonds. The lowest BCUT2D eigenvalue weighted by atomic mass is 9.85. The molecule has 0 saturated carbocycles. The van der Waals surface area contributed by atoms with Gasteiger partial charge in [0.05, 0.1) is 12.7 Å². The van der Waals surface area contributed by atoms with E-state index in [4.69, 9.17) is 9.47 Å². The van der Waals surface area contributed by atoms with E-state index in [1.54, 1.807) is 0 Å². The Morgan fingerprint density at radius 2 is 2.24 bits per heavy atom. The van der Waals surface area contributed by atoms with E-state index in [0.29, 0.717) is 26.1 Å². The second-order valence-electron chi connectivity index (χ2n) is 4.96. The Kier molecular flexibility index (Phi) is 5.40. The quantitative estimate of drug-likeness (QED) is 0.749. The first-order valence-electron chi connectivity index (χ1n) is 6.60. The van der Waals surface area contributed by atoms with E-state index < -0.39 is 5.54 Å². The number of carbonyl (C=O) groups is 1. The second-order valence-corrected chi connectivity index (χ2v) is 4.96. The minimum atomic E-state index is -0.552. The molecule has 100 valence electrons. The molecule has 1 fully saturated rings. The summed E-state index contributed by atoms with van der Waals surface area (Å²) in [6, 6.07) is 0.259. The van der Waals surface area contributed by atoms with Crippen LogP contribution in [0.1, 0.15) is 47.0 Å². The van der Waals surface area contributed by atoms with E-state index >= 15 is 0 Å². The minimum absolute atomic E-state index is 0.129. The van der Waals surface area contributed by atoms with E-state index in [9.17, 15) is 4.79 Å². The lowest BCUT2D eigenvalue weighted by molar-refractivity contribution is -0.159. The van der Waals surface area contributed by atoms with Crippen LogP contribution in [0.3, 0.4) is 0 Å². The van der Waals surface area contributed by atoms with E-state index in [1.807, 2.05) is 6.92 Å².